The Kier molecular flexibility index (Phi) is 3.17. The number of nitro groups is 1. The van der Waals surface area contributed by atoms with Crippen LogP contribution in [0.3, 0.4) is 0 Å². The molecule has 0 spiro atoms. The minimum Gasteiger partial charge on any atom is -0.468 e. The van der Waals surface area contributed by atoms with Crippen LogP contribution < -0.4 is 4.74 Å². The maximum absolute atomic E-state index is 10.9. The maximum atomic E-state index is 10.9. The second kappa shape index (κ2) is 4.37. The van der Waals surface area contributed by atoms with Gasteiger partial charge in [0.15, 0.2) is 0 Å². The van der Waals surface area contributed by atoms with Crippen molar-refractivity contribution in [3.63, 3.8) is 0 Å². The van der Waals surface area contributed by atoms with E-state index in [0.717, 1.165) is 23.7 Å². The summed E-state index contributed by atoms with van der Waals surface area (Å²) >= 11 is 0. The number of rotatable bonds is 4. The van der Waals surface area contributed by atoms with Crippen LogP contribution in [0.1, 0.15) is 19.8 Å². The highest BCUT2D eigenvalue weighted by molar-refractivity contribution is 6.56. The standard InChI is InChI=1S/C9H10B3N3O3/c1-5-2-3-7(5)18-8-6(15(16)17)4-14(13-8)9(10,11)12/h4-5,7H,2-3H2,1H3. The highest BCUT2D eigenvalue weighted by Gasteiger charge is 2.33. The van der Waals surface area contributed by atoms with Crippen molar-refractivity contribution in [2.24, 2.45) is 5.92 Å². The molecule has 1 saturated carbocycles. The molecule has 6 nitrogen and oxygen atoms in total. The summed E-state index contributed by atoms with van der Waals surface area (Å²) in [6.07, 6.45) is 2.89. The van der Waals surface area contributed by atoms with Crippen molar-refractivity contribution in [1.29, 1.82) is 0 Å². The van der Waals surface area contributed by atoms with Crippen LogP contribution in [0.2, 0.25) is 0 Å². The van der Waals surface area contributed by atoms with Crippen molar-refractivity contribution in [2.45, 2.75) is 31.1 Å². The molecule has 18 heavy (non-hydrogen) atoms. The molecule has 1 aliphatic carbocycles. The van der Waals surface area contributed by atoms with Crippen molar-refractivity contribution in [1.82, 2.24) is 9.78 Å². The molecule has 0 amide bonds. The Bertz CT molecular complexity index is 471. The first kappa shape index (κ1) is 13.0. The van der Waals surface area contributed by atoms with Gasteiger partial charge < -0.3 is 4.74 Å². The number of aromatic nitrogens is 2. The van der Waals surface area contributed by atoms with E-state index < -0.39 is 10.2 Å². The van der Waals surface area contributed by atoms with Gasteiger partial charge in [-0.3, -0.25) is 14.8 Å². The van der Waals surface area contributed by atoms with Gasteiger partial charge >= 0.3 is 11.6 Å². The van der Waals surface area contributed by atoms with E-state index in [0.29, 0.717) is 5.92 Å². The van der Waals surface area contributed by atoms with Gasteiger partial charge in [-0.25, -0.2) is 0 Å². The Morgan fingerprint density at radius 2 is 2.22 bits per heavy atom. The number of ether oxygens (including phenoxy) is 1. The van der Waals surface area contributed by atoms with Crippen LogP contribution in [-0.4, -0.2) is 44.3 Å². The summed E-state index contributed by atoms with van der Waals surface area (Å²) in [5.74, 6) is 0.260. The second-order valence-electron chi connectivity index (χ2n) is 4.62. The highest BCUT2D eigenvalue weighted by atomic mass is 16.6. The lowest BCUT2D eigenvalue weighted by Gasteiger charge is -2.32. The topological polar surface area (TPSA) is 70.2 Å². The zero-order valence-corrected chi connectivity index (χ0v) is 9.94. The molecule has 0 aromatic carbocycles. The summed E-state index contributed by atoms with van der Waals surface area (Å²) in [5.41, 5.74) is -0.292. The normalized spacial score (nSPS) is 23.4. The van der Waals surface area contributed by atoms with Crippen molar-refractivity contribution in [3.05, 3.63) is 16.3 Å². The summed E-state index contributed by atoms with van der Waals surface area (Å²) in [5, 5.41) is 12.9. The Hall–Kier alpha value is -1.40. The second-order valence-corrected chi connectivity index (χ2v) is 4.62. The first-order valence-electron chi connectivity index (χ1n) is 5.57. The predicted molar refractivity (Wildman–Crippen MR) is 66.9 cm³/mol. The summed E-state index contributed by atoms with van der Waals surface area (Å²) in [4.78, 5) is 10.3. The first-order chi connectivity index (χ1) is 8.29. The smallest absolute Gasteiger partial charge is 0.350 e. The van der Waals surface area contributed by atoms with E-state index in [2.05, 4.69) is 5.10 Å². The Morgan fingerprint density at radius 3 is 2.61 bits per heavy atom. The van der Waals surface area contributed by atoms with E-state index in [-0.39, 0.29) is 17.7 Å². The van der Waals surface area contributed by atoms with Crippen LogP contribution in [0.25, 0.3) is 0 Å². The quantitative estimate of drug-likeness (QED) is 0.423. The molecule has 1 aromatic rings. The molecule has 0 saturated heterocycles. The number of hydrogen-bond acceptors (Lipinski definition) is 4. The molecule has 9 heteroatoms. The zero-order chi connectivity index (χ0) is 13.5. The molecule has 88 valence electrons. The van der Waals surface area contributed by atoms with E-state index in [1.54, 1.807) is 0 Å². The third-order valence-electron chi connectivity index (χ3n) is 3.06. The van der Waals surface area contributed by atoms with Gasteiger partial charge in [-0.1, -0.05) is 6.92 Å². The van der Waals surface area contributed by atoms with Crippen LogP contribution in [-0.2, 0) is 5.24 Å². The van der Waals surface area contributed by atoms with E-state index in [1.807, 2.05) is 6.92 Å². The van der Waals surface area contributed by atoms with Gasteiger partial charge in [-0.05, 0) is 24.0 Å². The molecular weight excluding hydrogens is 231 g/mol. The Balaban J connectivity index is 2.27. The van der Waals surface area contributed by atoms with Gasteiger partial charge in [0.05, 0.1) is 28.5 Å². The molecule has 0 N–H and O–H groups in total. The first-order valence-corrected chi connectivity index (χ1v) is 5.57. The van der Waals surface area contributed by atoms with Gasteiger partial charge in [-0.15, -0.1) is 5.10 Å². The third-order valence-corrected chi connectivity index (χ3v) is 3.06. The van der Waals surface area contributed by atoms with Crippen molar-refractivity contribution >= 4 is 29.2 Å². The SMILES string of the molecule is [B]C([B])([B])n1cc([N+](=O)[O-])c(OC2CCC2C)n1. The van der Waals surface area contributed by atoms with Gasteiger partial charge in [0, 0.05) is 0 Å². The summed E-state index contributed by atoms with van der Waals surface area (Å²) in [6.45, 7) is 2.01. The van der Waals surface area contributed by atoms with Crippen LogP contribution in [0, 0.1) is 16.0 Å². The van der Waals surface area contributed by atoms with Crippen LogP contribution in [0.4, 0.5) is 5.69 Å². The van der Waals surface area contributed by atoms with Crippen molar-refractivity contribution in [2.75, 3.05) is 0 Å². The molecule has 6 radical (unpaired) electrons. The van der Waals surface area contributed by atoms with Crippen LogP contribution >= 0.6 is 0 Å². The van der Waals surface area contributed by atoms with E-state index in [9.17, 15) is 10.1 Å². The number of hydrogen-bond donors (Lipinski definition) is 0. The monoisotopic (exact) mass is 241 g/mol. The molecule has 1 heterocycles. The highest BCUT2D eigenvalue weighted by Crippen LogP contribution is 2.34. The van der Waals surface area contributed by atoms with Crippen molar-refractivity contribution in [3.8, 4) is 5.88 Å². The van der Waals surface area contributed by atoms with Gasteiger partial charge in [-0.2, -0.15) is 0 Å². The molecule has 2 rings (SSSR count). The van der Waals surface area contributed by atoms with E-state index in [4.69, 9.17) is 28.3 Å². The molecule has 1 aromatic heterocycles. The van der Waals surface area contributed by atoms with Gasteiger partial charge in [0.25, 0.3) is 0 Å². The van der Waals surface area contributed by atoms with Gasteiger partial charge in [0.2, 0.25) is 0 Å². The Labute approximate surface area is 108 Å². The third kappa shape index (κ3) is 2.39. The van der Waals surface area contributed by atoms with Crippen LogP contribution in [0.15, 0.2) is 6.20 Å². The summed E-state index contributed by atoms with van der Waals surface area (Å²) in [7, 11) is 16.3. The van der Waals surface area contributed by atoms with Crippen molar-refractivity contribution < 1.29 is 9.66 Å². The molecule has 0 aliphatic heterocycles. The minimum atomic E-state index is -1.79. The molecule has 1 fully saturated rings. The average molecular weight is 241 g/mol. The lowest BCUT2D eigenvalue weighted by molar-refractivity contribution is -0.386. The lowest BCUT2D eigenvalue weighted by atomic mass is 9.49. The average Bonchev–Trinajstić information content (AvgIpc) is 2.67. The lowest BCUT2D eigenvalue weighted by Crippen LogP contribution is -2.36. The minimum absolute atomic E-state index is 0.0604. The zero-order valence-electron chi connectivity index (χ0n) is 9.94. The molecule has 1 aliphatic rings. The Morgan fingerprint density at radius 1 is 1.56 bits per heavy atom. The fourth-order valence-electron chi connectivity index (χ4n) is 1.71. The van der Waals surface area contributed by atoms with Gasteiger partial charge in [0.1, 0.15) is 12.3 Å². The maximum Gasteiger partial charge on any atom is 0.350 e. The summed E-state index contributed by atoms with van der Waals surface area (Å²) in [6, 6.07) is 0. The fraction of sp³-hybridized carbons (Fsp3) is 0.667. The summed E-state index contributed by atoms with van der Waals surface area (Å²) < 4.78 is 6.41. The van der Waals surface area contributed by atoms with Crippen LogP contribution in [0.5, 0.6) is 5.88 Å². The largest absolute Gasteiger partial charge is 0.468 e. The molecule has 2 unspecified atom stereocenters. The predicted octanol–water partition coefficient (Wildman–Crippen LogP) is 0.0419. The van der Waals surface area contributed by atoms with E-state index in [1.165, 1.54) is 0 Å². The number of nitrogens with zero attached hydrogens (tertiary/aromatic N) is 3. The molecule has 0 bridgehead atoms. The fourth-order valence-corrected chi connectivity index (χ4v) is 1.71. The van der Waals surface area contributed by atoms with E-state index >= 15 is 0 Å². The molecule has 2 atom stereocenters. The molecular formula is C9H10B3N3O3.